The molecule has 0 amide bonds. The lowest BCUT2D eigenvalue weighted by atomic mass is 10.0. The Kier molecular flexibility index (Phi) is 17.1. The van der Waals surface area contributed by atoms with E-state index in [1.54, 1.807) is 0 Å². The summed E-state index contributed by atoms with van der Waals surface area (Å²) in [6, 6.07) is 0. The summed E-state index contributed by atoms with van der Waals surface area (Å²) in [7, 11) is -2.89. The lowest BCUT2D eigenvalue weighted by molar-refractivity contribution is -0.113. The van der Waals surface area contributed by atoms with Crippen LogP contribution in [0.25, 0.3) is 0 Å². The van der Waals surface area contributed by atoms with E-state index in [0.717, 1.165) is 20.0 Å². The molecule has 1 unspecified atom stereocenters. The molecular weight excluding hydrogens is 335 g/mol. The highest BCUT2D eigenvalue weighted by atomic mass is 31.2. The summed E-state index contributed by atoms with van der Waals surface area (Å²) >= 11 is 0. The van der Waals surface area contributed by atoms with Crippen LogP contribution in [0.3, 0.4) is 0 Å². The molecule has 150 valence electrons. The molecule has 25 heavy (non-hydrogen) atoms. The Bertz CT molecular complexity index is 358. The second-order valence-electron chi connectivity index (χ2n) is 7.15. The van der Waals surface area contributed by atoms with Crippen LogP contribution in [0, 0.1) is 0 Å². The van der Waals surface area contributed by atoms with E-state index in [1.165, 1.54) is 83.5 Å². The van der Waals surface area contributed by atoms with Crippen LogP contribution in [0.15, 0.2) is 0 Å². The standard InChI is InChI=1S/C20H41O4P/c1-3-4-5-6-7-8-9-10-11-12-13-14-15-16-17-18-19-20(21)25(22,23)24-2/h3-19H2,1-2H3,(H,22,23). The number of carbonyl (C=O) groups is 1. The molecule has 0 bridgehead atoms. The van der Waals surface area contributed by atoms with Crippen molar-refractivity contribution in [3.63, 3.8) is 0 Å². The summed E-state index contributed by atoms with van der Waals surface area (Å²) in [5.41, 5.74) is -0.652. The van der Waals surface area contributed by atoms with Crippen molar-refractivity contribution in [2.75, 3.05) is 7.11 Å². The third-order valence-corrected chi connectivity index (χ3v) is 6.16. The van der Waals surface area contributed by atoms with Crippen molar-refractivity contribution in [1.82, 2.24) is 0 Å². The topological polar surface area (TPSA) is 63.6 Å². The molecule has 0 radical (unpaired) electrons. The molecule has 0 heterocycles. The van der Waals surface area contributed by atoms with Gasteiger partial charge in [0.2, 0.25) is 5.52 Å². The highest BCUT2D eigenvalue weighted by molar-refractivity contribution is 7.70. The van der Waals surface area contributed by atoms with Gasteiger partial charge in [0.05, 0.1) is 0 Å². The van der Waals surface area contributed by atoms with Crippen molar-refractivity contribution in [2.24, 2.45) is 0 Å². The molecule has 5 heteroatoms. The number of carbonyl (C=O) groups excluding carboxylic acids is 1. The normalized spacial score (nSPS) is 13.7. The Hall–Kier alpha value is -0.180. The minimum absolute atomic E-state index is 0.153. The fourth-order valence-corrected chi connectivity index (χ4v) is 3.71. The summed E-state index contributed by atoms with van der Waals surface area (Å²) in [5, 5.41) is 0. The van der Waals surface area contributed by atoms with E-state index in [9.17, 15) is 14.3 Å². The van der Waals surface area contributed by atoms with Crippen LogP contribution < -0.4 is 0 Å². The average molecular weight is 377 g/mol. The summed E-state index contributed by atoms with van der Waals surface area (Å²) in [6.07, 6.45) is 20.5. The maximum Gasteiger partial charge on any atom is 0.393 e. The highest BCUT2D eigenvalue weighted by Crippen LogP contribution is 2.43. The second-order valence-corrected chi connectivity index (χ2v) is 9.05. The highest BCUT2D eigenvalue weighted by Gasteiger charge is 2.27. The summed E-state index contributed by atoms with van der Waals surface area (Å²) in [6.45, 7) is 2.26. The predicted molar refractivity (Wildman–Crippen MR) is 106 cm³/mol. The molecule has 0 rings (SSSR count). The Morgan fingerprint density at radius 1 is 0.720 bits per heavy atom. The first kappa shape index (κ1) is 24.8. The van der Waals surface area contributed by atoms with Gasteiger partial charge in [-0.05, 0) is 6.42 Å². The van der Waals surface area contributed by atoms with Gasteiger partial charge in [0, 0.05) is 13.5 Å². The number of unbranched alkanes of at least 4 members (excludes halogenated alkanes) is 15. The molecule has 0 aliphatic carbocycles. The molecule has 0 saturated heterocycles. The van der Waals surface area contributed by atoms with Gasteiger partial charge in [0.15, 0.2) is 0 Å². The smallest absolute Gasteiger partial charge is 0.319 e. The van der Waals surface area contributed by atoms with Crippen LogP contribution in [-0.4, -0.2) is 17.5 Å². The first-order valence-electron chi connectivity index (χ1n) is 10.5. The predicted octanol–water partition coefficient (Wildman–Crippen LogP) is 7.00. The van der Waals surface area contributed by atoms with Crippen LogP contribution in [0.2, 0.25) is 0 Å². The van der Waals surface area contributed by atoms with Crippen molar-refractivity contribution < 1.29 is 18.8 Å². The van der Waals surface area contributed by atoms with Crippen molar-refractivity contribution in [3.8, 4) is 0 Å². The quantitative estimate of drug-likeness (QED) is 0.195. The molecule has 0 aliphatic heterocycles. The van der Waals surface area contributed by atoms with Crippen LogP contribution in [-0.2, 0) is 13.9 Å². The van der Waals surface area contributed by atoms with E-state index in [2.05, 4.69) is 11.4 Å². The Balaban J connectivity index is 3.19. The lowest BCUT2D eigenvalue weighted by Crippen LogP contribution is -2.00. The third-order valence-electron chi connectivity index (χ3n) is 4.81. The minimum atomic E-state index is -3.99. The fraction of sp³-hybridized carbons (Fsp3) is 0.950. The van der Waals surface area contributed by atoms with Gasteiger partial charge in [-0.1, -0.05) is 103 Å². The second kappa shape index (κ2) is 17.2. The Morgan fingerprint density at radius 2 is 1.04 bits per heavy atom. The average Bonchev–Trinajstić information content (AvgIpc) is 2.61. The summed E-state index contributed by atoms with van der Waals surface area (Å²) in [5.74, 6) is 0. The Labute approximate surface area is 155 Å². The molecule has 0 aliphatic rings. The number of rotatable bonds is 19. The first-order valence-corrected chi connectivity index (χ1v) is 12.0. The molecule has 1 atom stereocenters. The van der Waals surface area contributed by atoms with Gasteiger partial charge in [0.25, 0.3) is 0 Å². The number of hydrogen-bond acceptors (Lipinski definition) is 3. The third kappa shape index (κ3) is 15.8. The van der Waals surface area contributed by atoms with Gasteiger partial charge in [-0.2, -0.15) is 0 Å². The molecule has 0 saturated carbocycles. The molecule has 0 aromatic carbocycles. The van der Waals surface area contributed by atoms with Gasteiger partial charge in [-0.25, -0.2) is 0 Å². The van der Waals surface area contributed by atoms with Gasteiger partial charge < -0.3 is 9.42 Å². The van der Waals surface area contributed by atoms with E-state index in [-0.39, 0.29) is 6.42 Å². The van der Waals surface area contributed by atoms with Crippen LogP contribution >= 0.6 is 7.60 Å². The molecule has 0 fully saturated rings. The van der Waals surface area contributed by atoms with Crippen molar-refractivity contribution >= 4 is 13.1 Å². The van der Waals surface area contributed by atoms with Gasteiger partial charge in [0.1, 0.15) is 0 Å². The van der Waals surface area contributed by atoms with Crippen molar-refractivity contribution in [2.45, 2.75) is 116 Å². The van der Waals surface area contributed by atoms with Crippen molar-refractivity contribution in [3.05, 3.63) is 0 Å². The monoisotopic (exact) mass is 376 g/mol. The molecular formula is C20H41O4P. The fourth-order valence-electron chi connectivity index (χ4n) is 3.07. The van der Waals surface area contributed by atoms with Gasteiger partial charge in [-0.3, -0.25) is 9.36 Å². The molecule has 0 aromatic rings. The maximum absolute atomic E-state index is 11.4. The maximum atomic E-state index is 11.4. The minimum Gasteiger partial charge on any atom is -0.319 e. The molecule has 1 N–H and O–H groups in total. The molecule has 0 aromatic heterocycles. The lowest BCUT2D eigenvalue weighted by Gasteiger charge is -2.07. The largest absolute Gasteiger partial charge is 0.393 e. The summed E-state index contributed by atoms with van der Waals surface area (Å²) in [4.78, 5) is 20.6. The molecule has 4 nitrogen and oxygen atoms in total. The molecule has 0 spiro atoms. The zero-order valence-corrected chi connectivity index (χ0v) is 17.5. The van der Waals surface area contributed by atoms with Gasteiger partial charge in [-0.15, -0.1) is 0 Å². The van der Waals surface area contributed by atoms with E-state index in [4.69, 9.17) is 0 Å². The first-order chi connectivity index (χ1) is 12.0. The van der Waals surface area contributed by atoms with Crippen LogP contribution in [0.1, 0.15) is 116 Å². The summed E-state index contributed by atoms with van der Waals surface area (Å²) < 4.78 is 15.6. The zero-order valence-electron chi connectivity index (χ0n) is 16.6. The van der Waals surface area contributed by atoms with E-state index in [0.29, 0.717) is 6.42 Å². The van der Waals surface area contributed by atoms with Gasteiger partial charge >= 0.3 is 7.60 Å². The van der Waals surface area contributed by atoms with E-state index in [1.807, 2.05) is 0 Å². The van der Waals surface area contributed by atoms with Crippen molar-refractivity contribution in [1.29, 1.82) is 0 Å². The Morgan fingerprint density at radius 3 is 1.36 bits per heavy atom. The SMILES string of the molecule is CCCCCCCCCCCCCCCCCCC(=O)P(=O)(O)OC. The van der Waals surface area contributed by atoms with Crippen LogP contribution in [0.5, 0.6) is 0 Å². The number of hydrogen-bond donors (Lipinski definition) is 1. The van der Waals surface area contributed by atoms with E-state index >= 15 is 0 Å². The zero-order chi connectivity index (χ0) is 18.8. The van der Waals surface area contributed by atoms with E-state index < -0.39 is 13.1 Å². The van der Waals surface area contributed by atoms with Crippen LogP contribution in [0.4, 0.5) is 0 Å².